The number of hydrogen-bond donors (Lipinski definition) is 0. The average molecular weight is 307 g/mol. The SMILES string of the molecule is CCC(CC)N1C(=O)C2CC(C(C)=O)C(C(C)=O)CC2C1=O. The molecule has 0 radical (unpaired) electrons. The third kappa shape index (κ3) is 2.61. The molecule has 1 saturated carbocycles. The third-order valence-electron chi connectivity index (χ3n) is 5.45. The lowest BCUT2D eigenvalue weighted by molar-refractivity contribution is -0.142. The van der Waals surface area contributed by atoms with Crippen LogP contribution in [0, 0.1) is 23.7 Å². The zero-order valence-electron chi connectivity index (χ0n) is 13.8. The maximum Gasteiger partial charge on any atom is 0.233 e. The van der Waals surface area contributed by atoms with Crippen LogP contribution in [0.2, 0.25) is 0 Å². The number of carbonyl (C=O) groups excluding carboxylic acids is 4. The van der Waals surface area contributed by atoms with E-state index in [0.717, 1.165) is 12.8 Å². The van der Waals surface area contributed by atoms with Gasteiger partial charge in [-0.2, -0.15) is 0 Å². The summed E-state index contributed by atoms with van der Waals surface area (Å²) in [5, 5.41) is 0. The summed E-state index contributed by atoms with van der Waals surface area (Å²) >= 11 is 0. The number of rotatable bonds is 5. The van der Waals surface area contributed by atoms with Gasteiger partial charge in [0.25, 0.3) is 0 Å². The van der Waals surface area contributed by atoms with Crippen LogP contribution in [-0.4, -0.2) is 34.3 Å². The van der Waals surface area contributed by atoms with Crippen LogP contribution in [0.3, 0.4) is 0 Å². The number of amides is 2. The predicted octanol–water partition coefficient (Wildman–Crippen LogP) is 1.98. The normalized spacial score (nSPS) is 31.6. The molecular weight excluding hydrogens is 282 g/mol. The van der Waals surface area contributed by atoms with Gasteiger partial charge in [0.05, 0.1) is 11.8 Å². The minimum absolute atomic E-state index is 0.0557. The van der Waals surface area contributed by atoms with Crippen molar-refractivity contribution in [2.45, 2.75) is 59.4 Å². The number of ketones is 2. The highest BCUT2D eigenvalue weighted by atomic mass is 16.2. The van der Waals surface area contributed by atoms with Gasteiger partial charge in [-0.25, -0.2) is 0 Å². The summed E-state index contributed by atoms with van der Waals surface area (Å²) in [6, 6.07) is -0.0721. The molecule has 2 amide bonds. The highest BCUT2D eigenvalue weighted by Gasteiger charge is 2.55. The van der Waals surface area contributed by atoms with Gasteiger partial charge in [-0.1, -0.05) is 13.8 Å². The van der Waals surface area contributed by atoms with Crippen LogP contribution in [0.1, 0.15) is 53.4 Å². The molecule has 22 heavy (non-hydrogen) atoms. The van der Waals surface area contributed by atoms with Crippen molar-refractivity contribution < 1.29 is 19.2 Å². The van der Waals surface area contributed by atoms with Crippen molar-refractivity contribution in [3.63, 3.8) is 0 Å². The number of fused-ring (bicyclic) bond motifs is 1. The summed E-state index contributed by atoms with van der Waals surface area (Å²) in [7, 11) is 0. The van der Waals surface area contributed by atoms with Crippen molar-refractivity contribution in [3.8, 4) is 0 Å². The van der Waals surface area contributed by atoms with E-state index in [1.165, 1.54) is 18.7 Å². The van der Waals surface area contributed by atoms with E-state index in [1.54, 1.807) is 0 Å². The largest absolute Gasteiger partial charge is 0.300 e. The number of Topliss-reactive ketones (excluding diaryl/α,β-unsaturated/α-hetero) is 2. The highest BCUT2D eigenvalue weighted by molar-refractivity contribution is 6.06. The van der Waals surface area contributed by atoms with Gasteiger partial charge < -0.3 is 0 Å². The molecule has 122 valence electrons. The molecule has 0 spiro atoms. The topological polar surface area (TPSA) is 71.5 Å². The van der Waals surface area contributed by atoms with E-state index >= 15 is 0 Å². The van der Waals surface area contributed by atoms with Crippen LogP contribution in [0.5, 0.6) is 0 Å². The zero-order valence-corrected chi connectivity index (χ0v) is 13.8. The van der Waals surface area contributed by atoms with Gasteiger partial charge in [0.15, 0.2) is 0 Å². The van der Waals surface area contributed by atoms with Crippen molar-refractivity contribution in [2.75, 3.05) is 0 Å². The fourth-order valence-electron chi connectivity index (χ4n) is 4.13. The summed E-state index contributed by atoms with van der Waals surface area (Å²) in [5.41, 5.74) is 0. The summed E-state index contributed by atoms with van der Waals surface area (Å²) in [6.07, 6.45) is 2.15. The second kappa shape index (κ2) is 6.31. The van der Waals surface area contributed by atoms with Gasteiger partial charge in [-0.3, -0.25) is 24.1 Å². The molecule has 1 saturated heterocycles. The van der Waals surface area contributed by atoms with Gasteiger partial charge in [0.1, 0.15) is 11.6 Å². The Labute approximate surface area is 131 Å². The number of nitrogens with zero attached hydrogens (tertiary/aromatic N) is 1. The summed E-state index contributed by atoms with van der Waals surface area (Å²) in [5.74, 6) is -2.07. The van der Waals surface area contributed by atoms with Gasteiger partial charge in [0, 0.05) is 17.9 Å². The van der Waals surface area contributed by atoms with Crippen LogP contribution < -0.4 is 0 Å². The molecule has 1 aliphatic heterocycles. The minimum Gasteiger partial charge on any atom is -0.300 e. The highest BCUT2D eigenvalue weighted by Crippen LogP contribution is 2.45. The maximum atomic E-state index is 12.7. The van der Waals surface area contributed by atoms with E-state index in [9.17, 15) is 19.2 Å². The van der Waals surface area contributed by atoms with Crippen LogP contribution in [0.25, 0.3) is 0 Å². The molecule has 2 aliphatic rings. The Kier molecular flexibility index (Phi) is 4.83. The van der Waals surface area contributed by atoms with E-state index in [-0.39, 0.29) is 29.4 Å². The van der Waals surface area contributed by atoms with Crippen molar-refractivity contribution in [1.29, 1.82) is 0 Å². The Morgan fingerprint density at radius 1 is 0.955 bits per heavy atom. The maximum absolute atomic E-state index is 12.7. The van der Waals surface area contributed by atoms with Gasteiger partial charge in [0.2, 0.25) is 11.8 Å². The van der Waals surface area contributed by atoms with E-state index in [2.05, 4.69) is 0 Å². The van der Waals surface area contributed by atoms with Crippen molar-refractivity contribution in [1.82, 2.24) is 4.90 Å². The van der Waals surface area contributed by atoms with E-state index < -0.39 is 23.7 Å². The Balaban J connectivity index is 2.31. The van der Waals surface area contributed by atoms with E-state index in [4.69, 9.17) is 0 Å². The fourth-order valence-corrected chi connectivity index (χ4v) is 4.13. The molecule has 0 aromatic carbocycles. The Hall–Kier alpha value is -1.52. The van der Waals surface area contributed by atoms with Gasteiger partial charge in [-0.15, -0.1) is 0 Å². The Morgan fingerprint density at radius 3 is 1.59 bits per heavy atom. The zero-order chi connectivity index (χ0) is 16.6. The molecule has 2 fully saturated rings. The Morgan fingerprint density at radius 2 is 1.32 bits per heavy atom. The van der Waals surface area contributed by atoms with Gasteiger partial charge >= 0.3 is 0 Å². The third-order valence-corrected chi connectivity index (χ3v) is 5.45. The summed E-state index contributed by atoms with van der Waals surface area (Å²) in [4.78, 5) is 50.4. The lowest BCUT2D eigenvalue weighted by Gasteiger charge is -2.33. The second-order valence-electron chi connectivity index (χ2n) is 6.64. The minimum atomic E-state index is -0.419. The first-order valence-corrected chi connectivity index (χ1v) is 8.21. The molecule has 0 bridgehead atoms. The molecule has 5 heteroatoms. The number of hydrogen-bond acceptors (Lipinski definition) is 4. The molecule has 0 aromatic rings. The molecular formula is C17H25NO4. The van der Waals surface area contributed by atoms with Crippen LogP contribution >= 0.6 is 0 Å². The van der Waals surface area contributed by atoms with Crippen molar-refractivity contribution >= 4 is 23.4 Å². The molecule has 4 atom stereocenters. The van der Waals surface area contributed by atoms with Crippen LogP contribution in [-0.2, 0) is 19.2 Å². The number of imide groups is 1. The van der Waals surface area contributed by atoms with Crippen molar-refractivity contribution in [2.24, 2.45) is 23.7 Å². The molecule has 1 aliphatic carbocycles. The van der Waals surface area contributed by atoms with E-state index in [1.807, 2.05) is 13.8 Å². The molecule has 0 N–H and O–H groups in total. The Bertz CT molecular complexity index is 469. The molecule has 5 nitrogen and oxygen atoms in total. The monoisotopic (exact) mass is 307 g/mol. The standard InChI is InChI=1S/C17H25NO4/c1-5-11(6-2)18-16(21)14-7-12(9(3)19)13(10(4)20)8-15(14)17(18)22/h11-15H,5-8H2,1-4H3. The first-order chi connectivity index (χ1) is 10.3. The summed E-state index contributed by atoms with van der Waals surface area (Å²) in [6.45, 7) is 6.88. The second-order valence-corrected chi connectivity index (χ2v) is 6.64. The predicted molar refractivity (Wildman–Crippen MR) is 80.8 cm³/mol. The molecule has 1 heterocycles. The van der Waals surface area contributed by atoms with Crippen LogP contribution in [0.15, 0.2) is 0 Å². The molecule has 4 unspecified atom stereocenters. The molecule has 0 aromatic heterocycles. The lowest BCUT2D eigenvalue weighted by atomic mass is 9.67. The average Bonchev–Trinajstić information content (AvgIpc) is 2.72. The summed E-state index contributed by atoms with van der Waals surface area (Å²) < 4.78 is 0. The number of carbonyl (C=O) groups is 4. The van der Waals surface area contributed by atoms with Crippen molar-refractivity contribution in [3.05, 3.63) is 0 Å². The first kappa shape index (κ1) is 16.8. The van der Waals surface area contributed by atoms with E-state index in [0.29, 0.717) is 12.8 Å². The fraction of sp³-hybridized carbons (Fsp3) is 0.765. The van der Waals surface area contributed by atoms with Gasteiger partial charge in [-0.05, 0) is 39.5 Å². The first-order valence-electron chi connectivity index (χ1n) is 8.21. The quantitative estimate of drug-likeness (QED) is 0.728. The molecule has 2 rings (SSSR count). The smallest absolute Gasteiger partial charge is 0.233 e. The number of likely N-dealkylation sites (tertiary alicyclic amines) is 1. The van der Waals surface area contributed by atoms with Crippen LogP contribution in [0.4, 0.5) is 0 Å². The lowest BCUT2D eigenvalue weighted by Crippen LogP contribution is -2.40.